The highest BCUT2D eigenvalue weighted by atomic mass is 16.5. The first kappa shape index (κ1) is 19.9. The molecule has 0 bridgehead atoms. The third-order valence-electron chi connectivity index (χ3n) is 4.13. The Hall–Kier alpha value is -3.81. The van der Waals surface area contributed by atoms with E-state index in [-0.39, 0.29) is 5.56 Å². The fourth-order valence-electron chi connectivity index (χ4n) is 2.76. The van der Waals surface area contributed by atoms with Crippen LogP contribution in [0.25, 0.3) is 0 Å². The molecule has 2 aromatic carbocycles. The predicted molar refractivity (Wildman–Crippen MR) is 110 cm³/mol. The summed E-state index contributed by atoms with van der Waals surface area (Å²) in [6, 6.07) is 14.0. The Labute approximate surface area is 168 Å². The molecule has 8 heteroatoms. The standard InChI is InChI=1S/C21H22N4O4/c1-13-9-19(24-16-6-4-5-15(11-16)20(26)27)25-21(23-13)22-12-14-7-8-17(28-2)18(10-14)29-3/h4-11H,12H2,1-3H3,(H,26,27)(H2,22,23,24,25). The fraction of sp³-hybridized carbons (Fsp3) is 0.190. The number of nitrogens with one attached hydrogen (secondary N) is 2. The summed E-state index contributed by atoms with van der Waals surface area (Å²) in [7, 11) is 3.19. The third kappa shape index (κ3) is 5.13. The quantitative estimate of drug-likeness (QED) is 0.529. The monoisotopic (exact) mass is 394 g/mol. The SMILES string of the molecule is COc1ccc(CNc2nc(C)cc(Nc3cccc(C(=O)O)c3)n2)cc1OC. The molecule has 0 aliphatic carbocycles. The molecule has 3 aromatic rings. The van der Waals surface area contributed by atoms with Crippen LogP contribution in [0.4, 0.5) is 17.5 Å². The summed E-state index contributed by atoms with van der Waals surface area (Å²) in [6.45, 7) is 2.36. The van der Waals surface area contributed by atoms with Crippen molar-refractivity contribution in [1.29, 1.82) is 0 Å². The van der Waals surface area contributed by atoms with Gasteiger partial charge in [0, 0.05) is 24.0 Å². The lowest BCUT2D eigenvalue weighted by molar-refractivity contribution is 0.0697. The van der Waals surface area contributed by atoms with Gasteiger partial charge in [0.15, 0.2) is 11.5 Å². The maximum Gasteiger partial charge on any atom is 0.335 e. The number of carboxylic acid groups (broad SMARTS) is 1. The molecule has 29 heavy (non-hydrogen) atoms. The van der Waals surface area contributed by atoms with Crippen LogP contribution >= 0.6 is 0 Å². The lowest BCUT2D eigenvalue weighted by atomic mass is 10.2. The van der Waals surface area contributed by atoms with Crippen molar-refractivity contribution < 1.29 is 19.4 Å². The van der Waals surface area contributed by atoms with Gasteiger partial charge in [-0.3, -0.25) is 0 Å². The number of carbonyl (C=O) groups is 1. The minimum absolute atomic E-state index is 0.201. The molecule has 150 valence electrons. The molecule has 3 rings (SSSR count). The summed E-state index contributed by atoms with van der Waals surface area (Å²) in [5.41, 5.74) is 2.59. The van der Waals surface area contributed by atoms with E-state index in [2.05, 4.69) is 20.6 Å². The maximum absolute atomic E-state index is 11.1. The number of aromatic carboxylic acids is 1. The van der Waals surface area contributed by atoms with E-state index in [9.17, 15) is 4.79 Å². The fourth-order valence-corrected chi connectivity index (χ4v) is 2.76. The molecule has 1 heterocycles. The van der Waals surface area contributed by atoms with E-state index in [1.54, 1.807) is 38.5 Å². The van der Waals surface area contributed by atoms with Crippen molar-refractivity contribution in [1.82, 2.24) is 9.97 Å². The van der Waals surface area contributed by atoms with Crippen LogP contribution in [-0.4, -0.2) is 35.3 Å². The Morgan fingerprint density at radius 2 is 1.83 bits per heavy atom. The molecule has 0 radical (unpaired) electrons. The summed E-state index contributed by atoms with van der Waals surface area (Å²) >= 11 is 0. The molecule has 0 fully saturated rings. The number of ether oxygens (including phenoxy) is 2. The van der Waals surface area contributed by atoms with Gasteiger partial charge in [-0.25, -0.2) is 9.78 Å². The smallest absolute Gasteiger partial charge is 0.335 e. The van der Waals surface area contributed by atoms with Gasteiger partial charge in [-0.05, 0) is 42.8 Å². The minimum atomic E-state index is -0.982. The van der Waals surface area contributed by atoms with Crippen LogP contribution in [0.1, 0.15) is 21.6 Å². The predicted octanol–water partition coefficient (Wildman–Crippen LogP) is 3.86. The van der Waals surface area contributed by atoms with Crippen molar-refractivity contribution in [2.24, 2.45) is 0 Å². The summed E-state index contributed by atoms with van der Waals surface area (Å²) < 4.78 is 10.6. The van der Waals surface area contributed by atoms with Crippen molar-refractivity contribution in [3.05, 3.63) is 65.4 Å². The largest absolute Gasteiger partial charge is 0.493 e. The zero-order valence-electron chi connectivity index (χ0n) is 16.4. The highest BCUT2D eigenvalue weighted by Crippen LogP contribution is 2.27. The molecule has 1 aromatic heterocycles. The zero-order valence-corrected chi connectivity index (χ0v) is 16.4. The van der Waals surface area contributed by atoms with Gasteiger partial charge in [-0.1, -0.05) is 12.1 Å². The summed E-state index contributed by atoms with van der Waals surface area (Å²) in [6.07, 6.45) is 0. The second-order valence-corrected chi connectivity index (χ2v) is 6.27. The maximum atomic E-state index is 11.1. The molecule has 0 unspecified atom stereocenters. The van der Waals surface area contributed by atoms with Crippen molar-refractivity contribution in [2.75, 3.05) is 24.9 Å². The van der Waals surface area contributed by atoms with E-state index in [1.807, 2.05) is 25.1 Å². The minimum Gasteiger partial charge on any atom is -0.493 e. The summed E-state index contributed by atoms with van der Waals surface area (Å²) in [4.78, 5) is 20.0. The van der Waals surface area contributed by atoms with Gasteiger partial charge < -0.3 is 25.2 Å². The molecular formula is C21H22N4O4. The lowest BCUT2D eigenvalue weighted by Gasteiger charge is -2.12. The van der Waals surface area contributed by atoms with Crippen molar-refractivity contribution in [3.63, 3.8) is 0 Å². The number of aryl methyl sites for hydroxylation is 1. The Kier molecular flexibility index (Phi) is 6.13. The number of benzene rings is 2. The van der Waals surface area contributed by atoms with Gasteiger partial charge in [-0.15, -0.1) is 0 Å². The number of anilines is 3. The third-order valence-corrected chi connectivity index (χ3v) is 4.13. The second-order valence-electron chi connectivity index (χ2n) is 6.27. The summed E-state index contributed by atoms with van der Waals surface area (Å²) in [5, 5.41) is 15.4. The Balaban J connectivity index is 1.74. The number of carboxylic acids is 1. The molecule has 0 atom stereocenters. The highest BCUT2D eigenvalue weighted by Gasteiger charge is 2.08. The van der Waals surface area contributed by atoms with Crippen LogP contribution in [0.3, 0.4) is 0 Å². The van der Waals surface area contributed by atoms with Crippen molar-refractivity contribution in [2.45, 2.75) is 13.5 Å². The average molecular weight is 394 g/mol. The van der Waals surface area contributed by atoms with Gasteiger partial charge in [-0.2, -0.15) is 4.98 Å². The second kappa shape index (κ2) is 8.92. The number of rotatable bonds is 8. The van der Waals surface area contributed by atoms with Crippen LogP contribution in [-0.2, 0) is 6.54 Å². The zero-order chi connectivity index (χ0) is 20.8. The topological polar surface area (TPSA) is 106 Å². The first-order chi connectivity index (χ1) is 14.0. The van der Waals surface area contributed by atoms with Gasteiger partial charge in [0.2, 0.25) is 5.95 Å². The van der Waals surface area contributed by atoms with Crippen LogP contribution in [0, 0.1) is 6.92 Å². The van der Waals surface area contributed by atoms with E-state index >= 15 is 0 Å². The van der Waals surface area contributed by atoms with E-state index in [1.165, 1.54) is 6.07 Å². The van der Waals surface area contributed by atoms with E-state index in [0.717, 1.165) is 11.3 Å². The lowest BCUT2D eigenvalue weighted by Crippen LogP contribution is -2.07. The van der Waals surface area contributed by atoms with Crippen molar-refractivity contribution in [3.8, 4) is 11.5 Å². The average Bonchev–Trinajstić information content (AvgIpc) is 2.71. The Morgan fingerprint density at radius 3 is 2.55 bits per heavy atom. The van der Waals surface area contributed by atoms with Crippen LogP contribution < -0.4 is 20.1 Å². The normalized spacial score (nSPS) is 10.3. The molecule has 0 amide bonds. The number of aromatic nitrogens is 2. The molecular weight excluding hydrogens is 372 g/mol. The number of nitrogens with zero attached hydrogens (tertiary/aromatic N) is 2. The van der Waals surface area contributed by atoms with Gasteiger partial charge in [0.25, 0.3) is 0 Å². The summed E-state index contributed by atoms with van der Waals surface area (Å²) in [5.74, 6) is 1.35. The molecule has 0 aliphatic heterocycles. The molecule has 0 spiro atoms. The first-order valence-corrected chi connectivity index (χ1v) is 8.89. The van der Waals surface area contributed by atoms with E-state index in [4.69, 9.17) is 14.6 Å². The molecule has 0 saturated carbocycles. The number of methoxy groups -OCH3 is 2. The molecule has 0 aliphatic rings. The van der Waals surface area contributed by atoms with Crippen LogP contribution in [0.5, 0.6) is 11.5 Å². The molecule has 8 nitrogen and oxygen atoms in total. The van der Waals surface area contributed by atoms with E-state index < -0.39 is 5.97 Å². The van der Waals surface area contributed by atoms with Gasteiger partial charge >= 0.3 is 5.97 Å². The first-order valence-electron chi connectivity index (χ1n) is 8.89. The van der Waals surface area contributed by atoms with Crippen LogP contribution in [0.15, 0.2) is 48.5 Å². The van der Waals surface area contributed by atoms with Crippen LogP contribution in [0.2, 0.25) is 0 Å². The Bertz CT molecular complexity index is 1020. The number of hydrogen-bond acceptors (Lipinski definition) is 7. The van der Waals surface area contributed by atoms with Gasteiger partial charge in [0.05, 0.1) is 19.8 Å². The molecule has 0 saturated heterocycles. The van der Waals surface area contributed by atoms with Gasteiger partial charge in [0.1, 0.15) is 5.82 Å². The van der Waals surface area contributed by atoms with E-state index in [0.29, 0.717) is 35.5 Å². The molecule has 3 N–H and O–H groups in total. The number of hydrogen-bond donors (Lipinski definition) is 3. The van der Waals surface area contributed by atoms with Crippen molar-refractivity contribution >= 4 is 23.4 Å². The highest BCUT2D eigenvalue weighted by molar-refractivity contribution is 5.89. The Morgan fingerprint density at radius 1 is 1.03 bits per heavy atom.